The van der Waals surface area contributed by atoms with E-state index in [0.29, 0.717) is 12.3 Å². The van der Waals surface area contributed by atoms with E-state index >= 15 is 0 Å². The Balaban J connectivity index is 1.12. The second kappa shape index (κ2) is 10.9. The van der Waals surface area contributed by atoms with Gasteiger partial charge in [0.1, 0.15) is 0 Å². The molecule has 7 nitrogen and oxygen atoms in total. The van der Waals surface area contributed by atoms with E-state index in [9.17, 15) is 4.79 Å². The van der Waals surface area contributed by atoms with Gasteiger partial charge in [-0.1, -0.05) is 41.9 Å². The van der Waals surface area contributed by atoms with Crippen molar-refractivity contribution < 1.29 is 9.32 Å². The van der Waals surface area contributed by atoms with Gasteiger partial charge in [0.25, 0.3) is 0 Å². The summed E-state index contributed by atoms with van der Waals surface area (Å²) in [6.07, 6.45) is 10.4. The van der Waals surface area contributed by atoms with Gasteiger partial charge in [0.05, 0.1) is 6.04 Å². The van der Waals surface area contributed by atoms with E-state index in [1.54, 1.807) is 12.4 Å². The second-order valence-corrected chi connectivity index (χ2v) is 9.59. The quantitative estimate of drug-likeness (QED) is 0.514. The lowest BCUT2D eigenvalue weighted by atomic mass is 9.84. The average molecular weight is 460 g/mol. The maximum atomic E-state index is 12.6. The Morgan fingerprint density at radius 1 is 1.06 bits per heavy atom. The molecule has 1 saturated heterocycles. The molecule has 5 rings (SSSR count). The van der Waals surface area contributed by atoms with Crippen molar-refractivity contribution in [1.29, 1.82) is 0 Å². The first-order valence-corrected chi connectivity index (χ1v) is 12.5. The number of hydrogen-bond acceptors (Lipinski definition) is 6. The summed E-state index contributed by atoms with van der Waals surface area (Å²) in [6, 6.07) is 14.4. The summed E-state index contributed by atoms with van der Waals surface area (Å²) in [5, 5.41) is 7.52. The van der Waals surface area contributed by atoms with Crippen LogP contribution >= 0.6 is 0 Å². The minimum atomic E-state index is 0.0682. The molecule has 0 spiro atoms. The molecular formula is C27H33N5O2. The van der Waals surface area contributed by atoms with Gasteiger partial charge in [-0.05, 0) is 68.5 Å². The van der Waals surface area contributed by atoms with Crippen LogP contribution in [0.1, 0.15) is 73.3 Å². The Morgan fingerprint density at radius 3 is 2.53 bits per heavy atom. The lowest BCUT2D eigenvalue weighted by molar-refractivity contribution is -0.128. The Morgan fingerprint density at radius 2 is 1.82 bits per heavy atom. The van der Waals surface area contributed by atoms with Crippen LogP contribution in [0.2, 0.25) is 0 Å². The van der Waals surface area contributed by atoms with E-state index in [-0.39, 0.29) is 17.9 Å². The fraction of sp³-hybridized carbons (Fsp3) is 0.481. The first-order valence-electron chi connectivity index (χ1n) is 12.5. The molecule has 2 aromatic heterocycles. The standard InChI is InChI=1S/C27H33N5O2/c33-26(22-7-4-8-22)29-24(21-5-2-1-3-6-21)13-18-32-16-11-23(12-17-32)27-30-25(31-34-27)19-20-9-14-28-15-10-20/h1-3,5-6,9-10,14-15,22-24H,4,7-8,11-13,16-19H2,(H,29,33)/t24-/m0/s1. The summed E-state index contributed by atoms with van der Waals surface area (Å²) < 4.78 is 5.61. The predicted octanol–water partition coefficient (Wildman–Crippen LogP) is 4.28. The maximum absolute atomic E-state index is 12.6. The summed E-state index contributed by atoms with van der Waals surface area (Å²) >= 11 is 0. The number of carbonyl (C=O) groups is 1. The fourth-order valence-corrected chi connectivity index (χ4v) is 4.87. The van der Waals surface area contributed by atoms with Gasteiger partial charge in [-0.3, -0.25) is 9.78 Å². The molecule has 3 heterocycles. The molecule has 0 unspecified atom stereocenters. The van der Waals surface area contributed by atoms with Crippen molar-refractivity contribution >= 4 is 5.91 Å². The Kier molecular flexibility index (Phi) is 7.29. The normalized spacial score (nSPS) is 18.4. The van der Waals surface area contributed by atoms with Gasteiger partial charge >= 0.3 is 0 Å². The first-order chi connectivity index (χ1) is 16.7. The Hall–Kier alpha value is -3.06. The van der Waals surface area contributed by atoms with Gasteiger partial charge in [0.2, 0.25) is 11.8 Å². The van der Waals surface area contributed by atoms with Crippen LogP contribution in [0.25, 0.3) is 0 Å². The van der Waals surface area contributed by atoms with Crippen LogP contribution in [0.15, 0.2) is 59.4 Å². The molecule has 1 aliphatic heterocycles. The van der Waals surface area contributed by atoms with Gasteiger partial charge in [0, 0.05) is 37.2 Å². The highest BCUT2D eigenvalue weighted by molar-refractivity contribution is 5.79. The van der Waals surface area contributed by atoms with E-state index in [1.807, 2.05) is 18.2 Å². The van der Waals surface area contributed by atoms with E-state index in [4.69, 9.17) is 4.52 Å². The van der Waals surface area contributed by atoms with Gasteiger partial charge < -0.3 is 14.7 Å². The highest BCUT2D eigenvalue weighted by Crippen LogP contribution is 2.30. The lowest BCUT2D eigenvalue weighted by Crippen LogP contribution is -2.39. The fourth-order valence-electron chi connectivity index (χ4n) is 4.87. The zero-order valence-electron chi connectivity index (χ0n) is 19.6. The second-order valence-electron chi connectivity index (χ2n) is 9.59. The van der Waals surface area contributed by atoms with E-state index < -0.39 is 0 Å². The minimum Gasteiger partial charge on any atom is -0.349 e. The molecule has 1 amide bonds. The third-order valence-corrected chi connectivity index (χ3v) is 7.26. The third-order valence-electron chi connectivity index (χ3n) is 7.26. The average Bonchev–Trinajstić information content (AvgIpc) is 3.30. The molecular weight excluding hydrogens is 426 g/mol. The molecule has 34 heavy (non-hydrogen) atoms. The predicted molar refractivity (Wildman–Crippen MR) is 129 cm³/mol. The van der Waals surface area contributed by atoms with Gasteiger partial charge in [-0.25, -0.2) is 0 Å². The van der Waals surface area contributed by atoms with Gasteiger partial charge in [-0.2, -0.15) is 4.98 Å². The number of rotatable bonds is 9. The number of pyridine rings is 1. The molecule has 178 valence electrons. The third kappa shape index (κ3) is 5.70. The number of carbonyl (C=O) groups excluding carboxylic acids is 1. The van der Waals surface area contributed by atoms with Crippen LogP contribution in [0.5, 0.6) is 0 Å². The zero-order valence-corrected chi connectivity index (χ0v) is 19.6. The molecule has 2 fully saturated rings. The van der Waals surface area contributed by atoms with Crippen LogP contribution in [0.4, 0.5) is 0 Å². The molecule has 3 aromatic rings. The monoisotopic (exact) mass is 459 g/mol. The number of aromatic nitrogens is 3. The van der Waals surface area contributed by atoms with Crippen LogP contribution < -0.4 is 5.32 Å². The van der Waals surface area contributed by atoms with Crippen molar-refractivity contribution in [1.82, 2.24) is 25.3 Å². The SMILES string of the molecule is O=C(N[C@@H](CCN1CCC(c2nc(Cc3ccncc3)no2)CC1)c1ccccc1)C1CCC1. The maximum Gasteiger partial charge on any atom is 0.229 e. The number of amides is 1. The zero-order chi connectivity index (χ0) is 23.2. The van der Waals surface area contributed by atoms with Crippen LogP contribution in [0, 0.1) is 5.92 Å². The van der Waals surface area contributed by atoms with Crippen molar-refractivity contribution in [2.45, 2.75) is 56.9 Å². The van der Waals surface area contributed by atoms with E-state index in [2.05, 4.69) is 49.6 Å². The van der Waals surface area contributed by atoms with E-state index in [1.165, 1.54) is 12.0 Å². The minimum absolute atomic E-state index is 0.0682. The molecule has 0 bridgehead atoms. The largest absolute Gasteiger partial charge is 0.349 e. The number of nitrogens with one attached hydrogen (secondary N) is 1. The van der Waals surface area contributed by atoms with Crippen LogP contribution in [0.3, 0.4) is 0 Å². The van der Waals surface area contributed by atoms with Crippen molar-refractivity contribution in [2.75, 3.05) is 19.6 Å². The Bertz CT molecular complexity index is 1040. The topological polar surface area (TPSA) is 84.2 Å². The molecule has 1 saturated carbocycles. The molecule has 2 aliphatic rings. The van der Waals surface area contributed by atoms with Gasteiger partial charge in [0.15, 0.2) is 5.82 Å². The highest BCUT2D eigenvalue weighted by Gasteiger charge is 2.29. The summed E-state index contributed by atoms with van der Waals surface area (Å²) in [4.78, 5) is 23.8. The van der Waals surface area contributed by atoms with Crippen molar-refractivity contribution in [3.63, 3.8) is 0 Å². The number of piperidine rings is 1. The molecule has 0 radical (unpaired) electrons. The lowest BCUT2D eigenvalue weighted by Gasteiger charge is -2.32. The number of hydrogen-bond donors (Lipinski definition) is 1. The molecule has 1 atom stereocenters. The van der Waals surface area contributed by atoms with Gasteiger partial charge in [-0.15, -0.1) is 0 Å². The van der Waals surface area contributed by atoms with Crippen LogP contribution in [-0.4, -0.2) is 45.6 Å². The van der Waals surface area contributed by atoms with E-state index in [0.717, 1.165) is 69.0 Å². The number of likely N-dealkylation sites (tertiary alicyclic amines) is 1. The molecule has 1 aliphatic carbocycles. The Labute approximate surface area is 201 Å². The smallest absolute Gasteiger partial charge is 0.229 e. The summed E-state index contributed by atoms with van der Waals surface area (Å²) in [6.45, 7) is 2.98. The highest BCUT2D eigenvalue weighted by atomic mass is 16.5. The van der Waals surface area contributed by atoms with Crippen molar-refractivity contribution in [3.8, 4) is 0 Å². The molecule has 1 aromatic carbocycles. The number of benzene rings is 1. The summed E-state index contributed by atoms with van der Waals surface area (Å²) in [5.74, 6) is 2.24. The summed E-state index contributed by atoms with van der Waals surface area (Å²) in [7, 11) is 0. The first kappa shape index (κ1) is 22.7. The van der Waals surface area contributed by atoms with Crippen molar-refractivity contribution in [3.05, 3.63) is 77.7 Å². The molecule has 1 N–H and O–H groups in total. The van der Waals surface area contributed by atoms with Crippen molar-refractivity contribution in [2.24, 2.45) is 5.92 Å². The summed E-state index contributed by atoms with van der Waals surface area (Å²) in [5.41, 5.74) is 2.33. The number of nitrogens with zero attached hydrogens (tertiary/aromatic N) is 4. The van der Waals surface area contributed by atoms with Crippen LogP contribution in [-0.2, 0) is 11.2 Å². The molecule has 7 heteroatoms.